The van der Waals surface area contributed by atoms with Crippen LogP contribution >= 0.6 is 0 Å². The molecular formula is C21H19F2N5O3. The molecule has 0 saturated heterocycles. The van der Waals surface area contributed by atoms with E-state index in [0.717, 1.165) is 12.1 Å². The Morgan fingerprint density at radius 1 is 1.19 bits per heavy atom. The fraction of sp³-hybridized carbons (Fsp3) is 0.238. The van der Waals surface area contributed by atoms with Crippen LogP contribution in [0.1, 0.15) is 21.5 Å². The van der Waals surface area contributed by atoms with Gasteiger partial charge in [-0.3, -0.25) is 15.1 Å². The van der Waals surface area contributed by atoms with Gasteiger partial charge in [0, 0.05) is 17.7 Å². The fourth-order valence-corrected chi connectivity index (χ4v) is 3.27. The Labute approximate surface area is 175 Å². The Balaban J connectivity index is 1.61. The van der Waals surface area contributed by atoms with Crippen LogP contribution in [0.25, 0.3) is 11.0 Å². The summed E-state index contributed by atoms with van der Waals surface area (Å²) in [5.74, 6) is -1.90. The van der Waals surface area contributed by atoms with Crippen molar-refractivity contribution in [1.82, 2.24) is 14.9 Å². The molecule has 1 amide bonds. The largest absolute Gasteiger partial charge is 0.448 e. The molecule has 0 atom stereocenters. The van der Waals surface area contributed by atoms with Crippen molar-refractivity contribution >= 4 is 34.6 Å². The zero-order valence-corrected chi connectivity index (χ0v) is 16.8. The zero-order valence-electron chi connectivity index (χ0n) is 16.8. The van der Waals surface area contributed by atoms with Gasteiger partial charge < -0.3 is 14.6 Å². The Kier molecular flexibility index (Phi) is 5.47. The number of halogens is 2. The molecule has 1 aliphatic rings. The minimum atomic E-state index is -0.782. The van der Waals surface area contributed by atoms with Crippen LogP contribution in [0.15, 0.2) is 35.3 Å². The third-order valence-corrected chi connectivity index (χ3v) is 4.75. The molecule has 8 nitrogen and oxygen atoms in total. The number of carbonyl (C=O) groups is 2. The summed E-state index contributed by atoms with van der Waals surface area (Å²) in [5.41, 5.74) is 1.30. The first-order valence-corrected chi connectivity index (χ1v) is 9.48. The van der Waals surface area contributed by atoms with Gasteiger partial charge in [0.1, 0.15) is 24.8 Å². The average molecular weight is 427 g/mol. The number of benzene rings is 2. The molecule has 0 bridgehead atoms. The molecule has 160 valence electrons. The highest BCUT2D eigenvalue weighted by atomic mass is 19.1. The summed E-state index contributed by atoms with van der Waals surface area (Å²) in [5, 5.41) is 2.51. The summed E-state index contributed by atoms with van der Waals surface area (Å²) < 4.78 is 33.7. The third-order valence-electron chi connectivity index (χ3n) is 4.75. The van der Waals surface area contributed by atoms with Crippen LogP contribution < -0.4 is 5.32 Å². The maximum Gasteiger partial charge on any atom is 0.414 e. The van der Waals surface area contributed by atoms with Crippen molar-refractivity contribution in [3.63, 3.8) is 0 Å². The molecule has 0 saturated carbocycles. The number of H-pyrrole nitrogens is 1. The minimum absolute atomic E-state index is 0.155. The fourth-order valence-electron chi connectivity index (χ4n) is 3.27. The Morgan fingerprint density at radius 3 is 2.68 bits per heavy atom. The molecule has 1 aliphatic heterocycles. The zero-order chi connectivity index (χ0) is 22.1. The normalized spacial score (nSPS) is 13.3. The minimum Gasteiger partial charge on any atom is -0.448 e. The molecule has 0 radical (unpaired) electrons. The van der Waals surface area contributed by atoms with Gasteiger partial charge in [0.05, 0.1) is 22.3 Å². The van der Waals surface area contributed by atoms with Crippen LogP contribution in [0.2, 0.25) is 0 Å². The summed E-state index contributed by atoms with van der Waals surface area (Å²) in [6, 6.07) is 6.85. The molecule has 0 unspecified atom stereocenters. The van der Waals surface area contributed by atoms with E-state index in [0.29, 0.717) is 23.1 Å². The second-order valence-electron chi connectivity index (χ2n) is 7.25. The highest BCUT2D eigenvalue weighted by Crippen LogP contribution is 2.27. The number of likely N-dealkylation sites (N-methyl/N-ethyl adjacent to an activating group) is 1. The molecule has 10 heteroatoms. The lowest BCUT2D eigenvalue weighted by Crippen LogP contribution is -2.23. The predicted octanol–water partition coefficient (Wildman–Crippen LogP) is 2.98. The molecule has 0 spiro atoms. The number of nitrogens with one attached hydrogen (secondary N) is 2. The number of aromatic amines is 1. The topological polar surface area (TPSA) is 99.7 Å². The van der Waals surface area contributed by atoms with Gasteiger partial charge in [-0.15, -0.1) is 0 Å². The summed E-state index contributed by atoms with van der Waals surface area (Å²) >= 11 is 0. The van der Waals surface area contributed by atoms with E-state index in [2.05, 4.69) is 20.3 Å². The van der Waals surface area contributed by atoms with Crippen LogP contribution in [-0.4, -0.2) is 66.2 Å². The lowest BCUT2D eigenvalue weighted by Gasteiger charge is -2.17. The van der Waals surface area contributed by atoms with E-state index in [1.165, 1.54) is 0 Å². The van der Waals surface area contributed by atoms with Crippen LogP contribution in [0.3, 0.4) is 0 Å². The summed E-state index contributed by atoms with van der Waals surface area (Å²) in [6.45, 7) is 0.540. The number of carbonyl (C=O) groups excluding carboxylic acids is 2. The maximum absolute atomic E-state index is 14.5. The van der Waals surface area contributed by atoms with Crippen molar-refractivity contribution in [2.24, 2.45) is 4.99 Å². The third kappa shape index (κ3) is 4.15. The lowest BCUT2D eigenvalue weighted by atomic mass is 9.91. The number of rotatable bonds is 5. The van der Waals surface area contributed by atoms with Gasteiger partial charge in [-0.25, -0.2) is 18.6 Å². The van der Waals surface area contributed by atoms with Crippen molar-refractivity contribution in [2.45, 2.75) is 0 Å². The van der Waals surface area contributed by atoms with E-state index in [4.69, 9.17) is 4.74 Å². The molecule has 2 N–H and O–H groups in total. The number of Topliss-reactive ketones (excluding diaryl/α,β-unsaturated/α-hetero) is 1. The standard InChI is InChI=1S/C21H19F2N5O3/c1-28(2)7-8-31-21(30)27-20-25-14-6-3-11(9-15(14)26-20)19-18-13(23)5-4-12(22)17(18)16(29)10-24-19/h3-6,9H,7-8,10H2,1-2H3,(H2,25,26,27,30). The van der Waals surface area contributed by atoms with Gasteiger partial charge in [0.25, 0.3) is 0 Å². The van der Waals surface area contributed by atoms with Gasteiger partial charge in [0.15, 0.2) is 5.78 Å². The van der Waals surface area contributed by atoms with E-state index in [1.807, 2.05) is 19.0 Å². The molecule has 31 heavy (non-hydrogen) atoms. The summed E-state index contributed by atoms with van der Waals surface area (Å²) in [4.78, 5) is 37.2. The number of imidazole rings is 1. The highest BCUT2D eigenvalue weighted by Gasteiger charge is 2.28. The number of hydrogen-bond acceptors (Lipinski definition) is 6. The van der Waals surface area contributed by atoms with Crippen LogP contribution in [0.5, 0.6) is 0 Å². The first-order valence-electron chi connectivity index (χ1n) is 9.48. The first-order chi connectivity index (χ1) is 14.8. The number of aliphatic imine (C=N–C) groups is 1. The monoisotopic (exact) mass is 427 g/mol. The number of ether oxygens (including phenoxy) is 1. The SMILES string of the molecule is CN(C)CCOC(=O)Nc1nc2ccc(C3=NCC(=O)c4c(F)ccc(F)c43)cc2[nH]1. The number of amides is 1. The van der Waals surface area contributed by atoms with Gasteiger partial charge in [0.2, 0.25) is 5.95 Å². The van der Waals surface area contributed by atoms with Crippen LogP contribution in [0.4, 0.5) is 19.5 Å². The quantitative estimate of drug-likeness (QED) is 0.652. The molecule has 2 aromatic carbocycles. The number of hydrogen-bond donors (Lipinski definition) is 2. The Bertz CT molecular complexity index is 1220. The number of fused-ring (bicyclic) bond motifs is 2. The van der Waals surface area contributed by atoms with Crippen molar-refractivity contribution in [3.05, 3.63) is 58.7 Å². The van der Waals surface area contributed by atoms with E-state index < -0.39 is 23.5 Å². The molecule has 0 aliphatic carbocycles. The van der Waals surface area contributed by atoms with Crippen LogP contribution in [0, 0.1) is 11.6 Å². The number of aromatic nitrogens is 2. The molecule has 1 aromatic heterocycles. The smallest absolute Gasteiger partial charge is 0.414 e. The molecule has 3 aromatic rings. The molecule has 4 rings (SSSR count). The van der Waals surface area contributed by atoms with Crippen molar-refractivity contribution < 1.29 is 23.1 Å². The van der Waals surface area contributed by atoms with Gasteiger partial charge in [-0.1, -0.05) is 6.07 Å². The van der Waals surface area contributed by atoms with Crippen molar-refractivity contribution in [2.75, 3.05) is 39.1 Å². The van der Waals surface area contributed by atoms with Crippen molar-refractivity contribution in [3.8, 4) is 0 Å². The van der Waals surface area contributed by atoms with Crippen LogP contribution in [-0.2, 0) is 4.74 Å². The number of ketones is 1. The molecule has 2 heterocycles. The second-order valence-corrected chi connectivity index (χ2v) is 7.25. The van der Waals surface area contributed by atoms with E-state index in [-0.39, 0.29) is 35.9 Å². The number of anilines is 1. The Hall–Kier alpha value is -3.66. The van der Waals surface area contributed by atoms with E-state index >= 15 is 0 Å². The van der Waals surface area contributed by atoms with Crippen molar-refractivity contribution in [1.29, 1.82) is 0 Å². The summed E-state index contributed by atoms with van der Waals surface area (Å²) in [7, 11) is 3.73. The van der Waals surface area contributed by atoms with Gasteiger partial charge in [-0.2, -0.15) is 0 Å². The number of nitrogens with zero attached hydrogens (tertiary/aromatic N) is 3. The highest BCUT2D eigenvalue weighted by molar-refractivity contribution is 6.22. The first kappa shape index (κ1) is 20.6. The van der Waals surface area contributed by atoms with E-state index in [1.54, 1.807) is 18.2 Å². The lowest BCUT2D eigenvalue weighted by molar-refractivity contribution is 0.0995. The Morgan fingerprint density at radius 2 is 1.94 bits per heavy atom. The van der Waals surface area contributed by atoms with Gasteiger partial charge in [-0.05, 0) is 38.4 Å². The molecule has 0 fully saturated rings. The van der Waals surface area contributed by atoms with E-state index in [9.17, 15) is 18.4 Å². The second kappa shape index (κ2) is 8.23. The maximum atomic E-state index is 14.5. The van der Waals surface area contributed by atoms with Gasteiger partial charge >= 0.3 is 6.09 Å². The predicted molar refractivity (Wildman–Crippen MR) is 111 cm³/mol. The molecular weight excluding hydrogens is 408 g/mol. The average Bonchev–Trinajstić information content (AvgIpc) is 3.11. The summed E-state index contributed by atoms with van der Waals surface area (Å²) in [6.07, 6.45) is -0.650.